The molecule has 1 aromatic heterocycles. The van der Waals surface area contributed by atoms with Crippen molar-refractivity contribution in [3.05, 3.63) is 51.8 Å². The minimum Gasteiger partial charge on any atom is -0.452 e. The molecule has 26 heavy (non-hydrogen) atoms. The van der Waals surface area contributed by atoms with Crippen LogP contribution in [-0.2, 0) is 21.4 Å². The highest BCUT2D eigenvalue weighted by molar-refractivity contribution is 6.32. The van der Waals surface area contributed by atoms with E-state index in [0.717, 1.165) is 17.0 Å². The maximum Gasteiger partial charge on any atom is 0.331 e. The molecule has 134 valence electrons. The van der Waals surface area contributed by atoms with Crippen molar-refractivity contribution < 1.29 is 14.3 Å². The summed E-state index contributed by atoms with van der Waals surface area (Å²) in [5.74, 6) is -1.15. The molecule has 0 fully saturated rings. The normalized spacial score (nSPS) is 10.6. The summed E-state index contributed by atoms with van der Waals surface area (Å²) in [6.45, 7) is 3.29. The molecule has 0 saturated heterocycles. The van der Waals surface area contributed by atoms with Gasteiger partial charge in [-0.15, -0.1) is 0 Å². The number of anilines is 1. The van der Waals surface area contributed by atoms with Crippen LogP contribution < -0.4 is 5.32 Å². The number of esters is 1. The van der Waals surface area contributed by atoms with Crippen LogP contribution in [-0.4, -0.2) is 28.3 Å². The number of carbonyl (C=O) groups excluding carboxylic acids is 2. The number of halogens is 1. The summed E-state index contributed by atoms with van der Waals surface area (Å²) in [5, 5.41) is 15.8. The topological polar surface area (TPSA) is 97.0 Å². The first-order valence-corrected chi connectivity index (χ1v) is 8.04. The van der Waals surface area contributed by atoms with E-state index < -0.39 is 18.5 Å². The number of ether oxygens (including phenoxy) is 1. The monoisotopic (exact) mass is 372 g/mol. The van der Waals surface area contributed by atoms with E-state index in [-0.39, 0.29) is 5.02 Å². The fraction of sp³-hybridized carbons (Fsp3) is 0.222. The number of carbonyl (C=O) groups is 2. The van der Waals surface area contributed by atoms with Crippen LogP contribution in [0, 0.1) is 25.2 Å². The Morgan fingerprint density at radius 3 is 2.73 bits per heavy atom. The summed E-state index contributed by atoms with van der Waals surface area (Å²) in [6, 6.07) is 6.41. The molecular formula is C18H17ClN4O3. The molecule has 0 aliphatic rings. The second kappa shape index (κ2) is 8.32. The van der Waals surface area contributed by atoms with Crippen LogP contribution in [0.25, 0.3) is 6.08 Å². The van der Waals surface area contributed by atoms with Gasteiger partial charge in [-0.25, -0.2) is 4.79 Å². The highest BCUT2D eigenvalue weighted by atomic mass is 35.5. The molecule has 1 N–H and O–H groups in total. The number of nitrogens with zero attached hydrogens (tertiary/aromatic N) is 3. The molecule has 1 amide bonds. The van der Waals surface area contributed by atoms with Crippen molar-refractivity contribution in [1.82, 2.24) is 9.78 Å². The number of nitriles is 1. The van der Waals surface area contributed by atoms with E-state index in [1.807, 2.05) is 27.0 Å². The fourth-order valence-corrected chi connectivity index (χ4v) is 2.47. The van der Waals surface area contributed by atoms with Gasteiger partial charge in [0.05, 0.1) is 16.3 Å². The zero-order valence-electron chi connectivity index (χ0n) is 14.5. The quantitative estimate of drug-likeness (QED) is 0.643. The van der Waals surface area contributed by atoms with Crippen molar-refractivity contribution in [2.24, 2.45) is 7.05 Å². The molecule has 0 radical (unpaired) electrons. The van der Waals surface area contributed by atoms with E-state index in [1.54, 1.807) is 10.8 Å². The van der Waals surface area contributed by atoms with Crippen LogP contribution >= 0.6 is 11.6 Å². The maximum atomic E-state index is 11.8. The summed E-state index contributed by atoms with van der Waals surface area (Å²) in [5.41, 5.74) is 3.27. The Hall–Kier alpha value is -3.11. The molecule has 0 spiro atoms. The molecule has 0 saturated carbocycles. The van der Waals surface area contributed by atoms with Crippen LogP contribution in [0.1, 0.15) is 22.5 Å². The summed E-state index contributed by atoms with van der Waals surface area (Å²) in [6.07, 6.45) is 2.86. The van der Waals surface area contributed by atoms with Crippen LogP contribution in [0.15, 0.2) is 24.3 Å². The standard InChI is InChI=1S/C18H17ClN4O3/c1-11-15(12(2)23(3)22-11)6-7-18(25)26-10-17(24)21-14-5-4-13(9-20)16(19)8-14/h4-8H,10H2,1-3H3,(H,21,24)/b7-6+. The largest absolute Gasteiger partial charge is 0.452 e. The molecular weight excluding hydrogens is 356 g/mol. The zero-order valence-corrected chi connectivity index (χ0v) is 15.3. The lowest BCUT2D eigenvalue weighted by atomic mass is 10.2. The maximum absolute atomic E-state index is 11.8. The zero-order chi connectivity index (χ0) is 19.3. The van der Waals surface area contributed by atoms with Crippen LogP contribution in [0.4, 0.5) is 5.69 Å². The third kappa shape index (κ3) is 4.71. The van der Waals surface area contributed by atoms with Gasteiger partial charge in [0.15, 0.2) is 6.61 Å². The SMILES string of the molecule is Cc1nn(C)c(C)c1/C=C/C(=O)OCC(=O)Nc1ccc(C#N)c(Cl)c1. The molecule has 0 atom stereocenters. The van der Waals surface area contributed by atoms with Crippen LogP contribution in [0.3, 0.4) is 0 Å². The van der Waals surface area contributed by atoms with E-state index in [4.69, 9.17) is 21.6 Å². The number of hydrogen-bond donors (Lipinski definition) is 1. The minimum absolute atomic E-state index is 0.229. The molecule has 0 aliphatic carbocycles. The van der Waals surface area contributed by atoms with Gasteiger partial charge in [-0.05, 0) is 38.1 Å². The Morgan fingerprint density at radius 2 is 2.15 bits per heavy atom. The molecule has 0 unspecified atom stereocenters. The molecule has 2 rings (SSSR count). The Kier molecular flexibility index (Phi) is 6.15. The predicted octanol–water partition coefficient (Wildman–Crippen LogP) is 2.76. The summed E-state index contributed by atoms with van der Waals surface area (Å²) < 4.78 is 6.63. The average molecular weight is 373 g/mol. The summed E-state index contributed by atoms with van der Waals surface area (Å²) in [4.78, 5) is 23.6. The fourth-order valence-electron chi connectivity index (χ4n) is 2.25. The van der Waals surface area contributed by atoms with E-state index in [9.17, 15) is 9.59 Å². The van der Waals surface area contributed by atoms with Gasteiger partial charge in [-0.2, -0.15) is 10.4 Å². The number of hydrogen-bond acceptors (Lipinski definition) is 5. The van der Waals surface area contributed by atoms with Crippen molar-refractivity contribution >= 4 is 35.2 Å². The van der Waals surface area contributed by atoms with Crippen molar-refractivity contribution in [2.75, 3.05) is 11.9 Å². The van der Waals surface area contributed by atoms with Gasteiger partial charge in [0.25, 0.3) is 5.91 Å². The Labute approximate surface area is 155 Å². The number of aryl methyl sites for hydroxylation is 2. The molecule has 0 aliphatic heterocycles. The highest BCUT2D eigenvalue weighted by Crippen LogP contribution is 2.20. The van der Waals surface area contributed by atoms with Crippen molar-refractivity contribution in [1.29, 1.82) is 5.26 Å². The van der Waals surface area contributed by atoms with Gasteiger partial charge in [-0.1, -0.05) is 11.6 Å². The molecule has 1 aromatic carbocycles. The van der Waals surface area contributed by atoms with E-state index >= 15 is 0 Å². The molecule has 2 aromatic rings. The third-order valence-electron chi connectivity index (χ3n) is 3.67. The van der Waals surface area contributed by atoms with E-state index in [2.05, 4.69) is 10.4 Å². The molecule has 0 bridgehead atoms. The predicted molar refractivity (Wildman–Crippen MR) is 97.5 cm³/mol. The number of rotatable bonds is 5. The summed E-state index contributed by atoms with van der Waals surface area (Å²) >= 11 is 5.89. The van der Waals surface area contributed by atoms with Crippen LogP contribution in [0.5, 0.6) is 0 Å². The van der Waals surface area contributed by atoms with Crippen molar-refractivity contribution in [3.8, 4) is 6.07 Å². The second-order valence-electron chi connectivity index (χ2n) is 5.50. The van der Waals surface area contributed by atoms with Crippen molar-refractivity contribution in [2.45, 2.75) is 13.8 Å². The van der Waals surface area contributed by atoms with Crippen LogP contribution in [0.2, 0.25) is 5.02 Å². The first kappa shape index (κ1) is 19.2. The number of nitrogens with one attached hydrogen (secondary N) is 1. The average Bonchev–Trinajstić information content (AvgIpc) is 2.83. The van der Waals surface area contributed by atoms with Gasteiger partial charge in [-0.3, -0.25) is 9.48 Å². The lowest BCUT2D eigenvalue weighted by Gasteiger charge is -2.06. The van der Waals surface area contributed by atoms with Gasteiger partial charge < -0.3 is 10.1 Å². The minimum atomic E-state index is -0.638. The van der Waals surface area contributed by atoms with Gasteiger partial charge in [0.1, 0.15) is 6.07 Å². The van der Waals surface area contributed by atoms with E-state index in [0.29, 0.717) is 11.3 Å². The van der Waals surface area contributed by atoms with Gasteiger partial charge >= 0.3 is 5.97 Å². The number of benzene rings is 1. The first-order chi connectivity index (χ1) is 12.3. The van der Waals surface area contributed by atoms with Gasteiger partial charge in [0.2, 0.25) is 0 Å². The molecule has 1 heterocycles. The summed E-state index contributed by atoms with van der Waals surface area (Å²) in [7, 11) is 1.82. The lowest BCUT2D eigenvalue weighted by molar-refractivity contribution is -0.142. The third-order valence-corrected chi connectivity index (χ3v) is 3.98. The van der Waals surface area contributed by atoms with E-state index in [1.165, 1.54) is 24.3 Å². The smallest absolute Gasteiger partial charge is 0.331 e. The Morgan fingerprint density at radius 1 is 1.42 bits per heavy atom. The number of aromatic nitrogens is 2. The Bertz CT molecular complexity index is 925. The number of amides is 1. The molecule has 7 nitrogen and oxygen atoms in total. The second-order valence-corrected chi connectivity index (χ2v) is 5.91. The first-order valence-electron chi connectivity index (χ1n) is 7.66. The highest BCUT2D eigenvalue weighted by Gasteiger charge is 2.09. The lowest BCUT2D eigenvalue weighted by Crippen LogP contribution is -2.20. The Balaban J connectivity index is 1.89. The van der Waals surface area contributed by atoms with Crippen molar-refractivity contribution in [3.63, 3.8) is 0 Å². The molecule has 8 heteroatoms. The van der Waals surface area contributed by atoms with Gasteiger partial charge in [0, 0.05) is 30.1 Å².